The number of rotatable bonds is 2. The summed E-state index contributed by atoms with van der Waals surface area (Å²) in [5.41, 5.74) is -0.497. The van der Waals surface area contributed by atoms with Gasteiger partial charge >= 0.3 is 6.09 Å². The zero-order chi connectivity index (χ0) is 12.3. The Morgan fingerprint density at radius 2 is 2.25 bits per heavy atom. The van der Waals surface area contributed by atoms with Crippen molar-refractivity contribution in [3.05, 3.63) is 12.7 Å². The molecule has 0 aliphatic carbocycles. The Morgan fingerprint density at radius 3 is 2.75 bits per heavy atom. The Morgan fingerprint density at radius 1 is 1.62 bits per heavy atom. The number of amides is 1. The van der Waals surface area contributed by atoms with Crippen LogP contribution in [0.5, 0.6) is 0 Å². The predicted molar refractivity (Wildman–Crippen MR) is 62.2 cm³/mol. The van der Waals surface area contributed by atoms with Gasteiger partial charge in [0.2, 0.25) is 0 Å². The van der Waals surface area contributed by atoms with Gasteiger partial charge in [-0.25, -0.2) is 4.79 Å². The van der Waals surface area contributed by atoms with Crippen molar-refractivity contribution in [2.24, 2.45) is 0 Å². The Labute approximate surface area is 96.9 Å². The van der Waals surface area contributed by atoms with Crippen LogP contribution >= 0.6 is 0 Å². The van der Waals surface area contributed by atoms with Crippen LogP contribution in [0, 0.1) is 0 Å². The number of likely N-dealkylation sites (tertiary alicyclic amines) is 1. The highest BCUT2D eigenvalue weighted by Gasteiger charge is 2.35. The van der Waals surface area contributed by atoms with Crippen molar-refractivity contribution in [1.29, 1.82) is 0 Å². The van der Waals surface area contributed by atoms with Gasteiger partial charge in [-0.2, -0.15) is 0 Å². The zero-order valence-electron chi connectivity index (χ0n) is 10.3. The molecule has 1 heterocycles. The predicted octanol–water partition coefficient (Wildman–Crippen LogP) is 1.93. The van der Waals surface area contributed by atoms with Gasteiger partial charge in [0.15, 0.2) is 0 Å². The van der Waals surface area contributed by atoms with Crippen molar-refractivity contribution in [2.45, 2.75) is 51.4 Å². The number of carbonyl (C=O) groups excluding carboxylic acids is 1. The first-order valence-corrected chi connectivity index (χ1v) is 5.62. The summed E-state index contributed by atoms with van der Waals surface area (Å²) in [6.45, 7) is 9.51. The van der Waals surface area contributed by atoms with Crippen LogP contribution in [-0.4, -0.2) is 40.4 Å². The van der Waals surface area contributed by atoms with Crippen LogP contribution in [0.2, 0.25) is 0 Å². The minimum atomic E-state index is -0.497. The molecule has 1 aliphatic heterocycles. The third-order valence-electron chi connectivity index (χ3n) is 2.46. The first-order valence-electron chi connectivity index (χ1n) is 5.62. The average molecular weight is 227 g/mol. The summed E-state index contributed by atoms with van der Waals surface area (Å²) >= 11 is 0. The number of nitrogens with zero attached hydrogens (tertiary/aromatic N) is 1. The summed E-state index contributed by atoms with van der Waals surface area (Å²) in [5.74, 6) is 0. The van der Waals surface area contributed by atoms with Crippen molar-refractivity contribution < 1.29 is 14.6 Å². The molecule has 92 valence electrons. The second-order valence-electron chi connectivity index (χ2n) is 5.20. The van der Waals surface area contributed by atoms with Crippen molar-refractivity contribution >= 4 is 6.09 Å². The van der Waals surface area contributed by atoms with E-state index in [0.29, 0.717) is 19.4 Å². The van der Waals surface area contributed by atoms with Gasteiger partial charge in [-0.1, -0.05) is 6.08 Å². The highest BCUT2D eigenvalue weighted by molar-refractivity contribution is 5.69. The van der Waals surface area contributed by atoms with Crippen LogP contribution in [0.1, 0.15) is 33.6 Å². The molecule has 2 atom stereocenters. The largest absolute Gasteiger partial charge is 0.444 e. The molecule has 0 radical (unpaired) electrons. The second-order valence-corrected chi connectivity index (χ2v) is 5.20. The van der Waals surface area contributed by atoms with Gasteiger partial charge in [0.05, 0.1) is 12.6 Å². The molecule has 0 aromatic rings. The smallest absolute Gasteiger partial charge is 0.410 e. The molecule has 0 saturated carbocycles. The van der Waals surface area contributed by atoms with E-state index in [1.165, 1.54) is 0 Å². The minimum Gasteiger partial charge on any atom is -0.444 e. The second kappa shape index (κ2) is 4.87. The van der Waals surface area contributed by atoms with E-state index in [4.69, 9.17) is 4.74 Å². The molecule has 0 spiro atoms. The van der Waals surface area contributed by atoms with Crippen LogP contribution in [0.3, 0.4) is 0 Å². The molecule has 1 N–H and O–H groups in total. The molecule has 0 aromatic carbocycles. The first-order chi connectivity index (χ1) is 7.33. The highest BCUT2D eigenvalue weighted by Crippen LogP contribution is 2.23. The quantitative estimate of drug-likeness (QED) is 0.733. The molecule has 0 unspecified atom stereocenters. The molecule has 0 aromatic heterocycles. The van der Waals surface area contributed by atoms with Gasteiger partial charge in [-0.05, 0) is 33.6 Å². The van der Waals surface area contributed by atoms with E-state index in [1.54, 1.807) is 11.0 Å². The molecule has 1 rings (SSSR count). The topological polar surface area (TPSA) is 49.8 Å². The van der Waals surface area contributed by atoms with Crippen molar-refractivity contribution in [1.82, 2.24) is 4.90 Å². The van der Waals surface area contributed by atoms with Crippen LogP contribution in [0.4, 0.5) is 4.79 Å². The molecular weight excluding hydrogens is 206 g/mol. The lowest BCUT2D eigenvalue weighted by Gasteiger charge is -2.27. The first kappa shape index (κ1) is 13.0. The van der Waals surface area contributed by atoms with Gasteiger partial charge in [0, 0.05) is 6.04 Å². The van der Waals surface area contributed by atoms with Crippen LogP contribution < -0.4 is 0 Å². The van der Waals surface area contributed by atoms with Crippen molar-refractivity contribution in [3.8, 4) is 0 Å². The van der Waals surface area contributed by atoms with E-state index >= 15 is 0 Å². The molecule has 16 heavy (non-hydrogen) atoms. The summed E-state index contributed by atoms with van der Waals surface area (Å²) in [6, 6.07) is 0.0161. The van der Waals surface area contributed by atoms with E-state index in [-0.39, 0.29) is 12.1 Å². The monoisotopic (exact) mass is 227 g/mol. The Balaban J connectivity index is 2.63. The van der Waals surface area contributed by atoms with Crippen LogP contribution in [0.25, 0.3) is 0 Å². The molecule has 1 amide bonds. The van der Waals surface area contributed by atoms with Crippen LogP contribution in [0.15, 0.2) is 12.7 Å². The molecule has 1 aliphatic rings. The highest BCUT2D eigenvalue weighted by atomic mass is 16.6. The Hall–Kier alpha value is -1.03. The molecule has 4 heteroatoms. The number of β-amino-alcohol motifs (C(OH)–C–C–N with tert-alkyl or cyclic N) is 1. The summed E-state index contributed by atoms with van der Waals surface area (Å²) in [4.78, 5) is 13.4. The lowest BCUT2D eigenvalue weighted by atomic mass is 10.1. The molecule has 0 bridgehead atoms. The number of aliphatic hydroxyl groups excluding tert-OH is 1. The number of carbonyl (C=O) groups is 1. The number of hydrogen-bond donors (Lipinski definition) is 1. The van der Waals surface area contributed by atoms with Gasteiger partial charge in [0.1, 0.15) is 5.60 Å². The molecule has 1 fully saturated rings. The average Bonchev–Trinajstić information content (AvgIpc) is 2.44. The van der Waals surface area contributed by atoms with Crippen LogP contribution in [-0.2, 0) is 4.74 Å². The number of aliphatic hydroxyl groups is 1. The van der Waals surface area contributed by atoms with E-state index in [9.17, 15) is 9.90 Å². The fourth-order valence-corrected chi connectivity index (χ4v) is 1.85. The lowest BCUT2D eigenvalue weighted by Crippen LogP contribution is -2.40. The Bertz CT molecular complexity index is 270. The van der Waals surface area contributed by atoms with E-state index in [1.807, 2.05) is 20.8 Å². The summed E-state index contributed by atoms with van der Waals surface area (Å²) in [7, 11) is 0. The van der Waals surface area contributed by atoms with E-state index in [2.05, 4.69) is 6.58 Å². The maximum atomic E-state index is 11.9. The van der Waals surface area contributed by atoms with Crippen molar-refractivity contribution in [2.75, 3.05) is 6.54 Å². The maximum absolute atomic E-state index is 11.9. The van der Waals surface area contributed by atoms with Gasteiger partial charge in [-0.3, -0.25) is 0 Å². The molecule has 4 nitrogen and oxygen atoms in total. The molecule has 1 saturated heterocycles. The lowest BCUT2D eigenvalue weighted by molar-refractivity contribution is 0.0210. The maximum Gasteiger partial charge on any atom is 0.410 e. The Kier molecular flexibility index (Phi) is 3.97. The minimum absolute atomic E-state index is 0.0161. The summed E-state index contributed by atoms with van der Waals surface area (Å²) < 4.78 is 5.29. The zero-order valence-corrected chi connectivity index (χ0v) is 10.3. The van der Waals surface area contributed by atoms with Gasteiger partial charge < -0.3 is 14.7 Å². The van der Waals surface area contributed by atoms with E-state index < -0.39 is 11.7 Å². The SMILES string of the molecule is C=CC[C@H]1C[C@@H](O)CN1C(=O)OC(C)(C)C. The summed E-state index contributed by atoms with van der Waals surface area (Å²) in [6.07, 6.45) is 2.26. The summed E-state index contributed by atoms with van der Waals surface area (Å²) in [5, 5.41) is 9.56. The number of hydrogen-bond acceptors (Lipinski definition) is 3. The van der Waals surface area contributed by atoms with E-state index in [0.717, 1.165) is 0 Å². The van der Waals surface area contributed by atoms with Crippen molar-refractivity contribution in [3.63, 3.8) is 0 Å². The van der Waals surface area contributed by atoms with Gasteiger partial charge in [-0.15, -0.1) is 6.58 Å². The normalized spacial score (nSPS) is 25.6. The third kappa shape index (κ3) is 3.52. The fourth-order valence-electron chi connectivity index (χ4n) is 1.85. The number of ether oxygens (including phenoxy) is 1. The third-order valence-corrected chi connectivity index (χ3v) is 2.46. The standard InChI is InChI=1S/C12H21NO3/c1-5-6-9-7-10(14)8-13(9)11(15)16-12(2,3)4/h5,9-10,14H,1,6-8H2,2-4H3/t9-,10+/m0/s1. The van der Waals surface area contributed by atoms with Gasteiger partial charge in [0.25, 0.3) is 0 Å². The fraction of sp³-hybridized carbons (Fsp3) is 0.750. The molecular formula is C12H21NO3.